The molecule has 0 aliphatic heterocycles. The van der Waals surface area contributed by atoms with Gasteiger partial charge in [-0.1, -0.05) is 0 Å². The van der Waals surface area contributed by atoms with Gasteiger partial charge in [-0.15, -0.1) is 11.6 Å². The van der Waals surface area contributed by atoms with Crippen molar-refractivity contribution < 1.29 is 9.15 Å². The van der Waals surface area contributed by atoms with E-state index < -0.39 is 0 Å². The van der Waals surface area contributed by atoms with Crippen molar-refractivity contribution in [1.82, 2.24) is 0 Å². The van der Waals surface area contributed by atoms with Crippen molar-refractivity contribution >= 4 is 22.6 Å². The molecule has 0 unspecified atom stereocenters. The normalized spacial score (nSPS) is 10.6. The van der Waals surface area contributed by atoms with Gasteiger partial charge in [-0.3, -0.25) is 0 Å². The molecule has 1 heterocycles. The maximum Gasteiger partial charge on any atom is 0.134 e. The number of ether oxygens (including phenoxy) is 1. The molecule has 0 fully saturated rings. The van der Waals surface area contributed by atoms with Crippen molar-refractivity contribution in [3.63, 3.8) is 0 Å². The predicted octanol–water partition coefficient (Wildman–Crippen LogP) is 3.18. The summed E-state index contributed by atoms with van der Waals surface area (Å²) < 4.78 is 10.4. The summed E-state index contributed by atoms with van der Waals surface area (Å²) in [7, 11) is 1.64. The van der Waals surface area contributed by atoms with Crippen LogP contribution in [0, 0.1) is 0 Å². The first-order valence-corrected chi connectivity index (χ1v) is 4.48. The second-order valence-corrected chi connectivity index (χ2v) is 3.02. The summed E-state index contributed by atoms with van der Waals surface area (Å²) in [5.41, 5.74) is 1.84. The molecule has 68 valence electrons. The average molecular weight is 197 g/mol. The van der Waals surface area contributed by atoms with Crippen molar-refractivity contribution in [3.8, 4) is 5.75 Å². The number of methoxy groups -OCH3 is 1. The number of benzene rings is 1. The third-order valence-corrected chi connectivity index (χ3v) is 2.29. The number of hydrogen-bond donors (Lipinski definition) is 0. The first-order chi connectivity index (χ1) is 6.35. The van der Waals surface area contributed by atoms with Crippen LogP contribution >= 0.6 is 11.6 Å². The zero-order valence-electron chi connectivity index (χ0n) is 7.21. The third-order valence-electron chi connectivity index (χ3n) is 2.00. The van der Waals surface area contributed by atoms with E-state index in [1.165, 1.54) is 0 Å². The van der Waals surface area contributed by atoms with Gasteiger partial charge in [0.25, 0.3) is 0 Å². The van der Waals surface area contributed by atoms with E-state index >= 15 is 0 Å². The Kier molecular flexibility index (Phi) is 2.15. The van der Waals surface area contributed by atoms with Crippen molar-refractivity contribution in [2.45, 2.75) is 5.88 Å². The van der Waals surface area contributed by atoms with Crippen LogP contribution in [0.1, 0.15) is 5.56 Å². The van der Waals surface area contributed by atoms with E-state index in [0.717, 1.165) is 22.3 Å². The Morgan fingerprint density at radius 2 is 2.31 bits per heavy atom. The SMILES string of the molecule is COc1ccc2occ(CCl)c2c1. The van der Waals surface area contributed by atoms with E-state index in [-0.39, 0.29) is 0 Å². The van der Waals surface area contributed by atoms with E-state index in [0.29, 0.717) is 5.88 Å². The molecule has 0 aliphatic carbocycles. The summed E-state index contributed by atoms with van der Waals surface area (Å²) in [6.45, 7) is 0. The molecule has 0 aliphatic rings. The minimum absolute atomic E-state index is 0.458. The van der Waals surface area contributed by atoms with E-state index in [2.05, 4.69) is 0 Å². The van der Waals surface area contributed by atoms with E-state index in [9.17, 15) is 0 Å². The van der Waals surface area contributed by atoms with Crippen molar-refractivity contribution in [3.05, 3.63) is 30.0 Å². The summed E-state index contributed by atoms with van der Waals surface area (Å²) in [4.78, 5) is 0. The molecule has 0 bridgehead atoms. The standard InChI is InChI=1S/C10H9ClO2/c1-12-8-2-3-10-9(4-8)7(5-11)6-13-10/h2-4,6H,5H2,1H3. The number of rotatable bonds is 2. The summed E-state index contributed by atoms with van der Waals surface area (Å²) in [5.74, 6) is 1.28. The second-order valence-electron chi connectivity index (χ2n) is 2.76. The average Bonchev–Trinajstić information content (AvgIpc) is 2.59. The Labute approximate surface area is 81.1 Å². The molecule has 0 atom stereocenters. The highest BCUT2D eigenvalue weighted by atomic mass is 35.5. The van der Waals surface area contributed by atoms with Crippen molar-refractivity contribution in [2.24, 2.45) is 0 Å². The van der Waals surface area contributed by atoms with Gasteiger partial charge in [0.05, 0.1) is 19.3 Å². The Balaban J connectivity index is 2.64. The fourth-order valence-electron chi connectivity index (χ4n) is 1.29. The minimum atomic E-state index is 0.458. The number of halogens is 1. The zero-order valence-corrected chi connectivity index (χ0v) is 7.97. The first-order valence-electron chi connectivity index (χ1n) is 3.95. The van der Waals surface area contributed by atoms with Gasteiger partial charge in [0.1, 0.15) is 11.3 Å². The van der Waals surface area contributed by atoms with Crippen LogP contribution in [0.5, 0.6) is 5.75 Å². The molecule has 2 rings (SSSR count). The van der Waals surface area contributed by atoms with Crippen LogP contribution in [0.2, 0.25) is 0 Å². The van der Waals surface area contributed by atoms with Crippen LogP contribution < -0.4 is 4.74 Å². The lowest BCUT2D eigenvalue weighted by Crippen LogP contribution is -1.81. The highest BCUT2D eigenvalue weighted by molar-refractivity contribution is 6.18. The topological polar surface area (TPSA) is 22.4 Å². The molecule has 0 N–H and O–H groups in total. The zero-order chi connectivity index (χ0) is 9.26. The molecule has 1 aromatic heterocycles. The highest BCUT2D eigenvalue weighted by Gasteiger charge is 2.05. The highest BCUT2D eigenvalue weighted by Crippen LogP contribution is 2.26. The first kappa shape index (κ1) is 8.45. The third kappa shape index (κ3) is 1.38. The van der Waals surface area contributed by atoms with Gasteiger partial charge in [0, 0.05) is 10.9 Å². The predicted molar refractivity (Wildman–Crippen MR) is 52.3 cm³/mol. The molecule has 1 aromatic carbocycles. The van der Waals surface area contributed by atoms with Gasteiger partial charge >= 0.3 is 0 Å². The molecule has 2 nitrogen and oxygen atoms in total. The molecule has 2 aromatic rings. The van der Waals surface area contributed by atoms with Gasteiger partial charge in [-0.25, -0.2) is 0 Å². The van der Waals surface area contributed by atoms with Crippen LogP contribution in [0.4, 0.5) is 0 Å². The number of hydrogen-bond acceptors (Lipinski definition) is 2. The number of furan rings is 1. The summed E-state index contributed by atoms with van der Waals surface area (Å²) >= 11 is 5.74. The van der Waals surface area contributed by atoms with E-state index in [4.69, 9.17) is 20.8 Å². The Morgan fingerprint density at radius 1 is 1.46 bits per heavy atom. The molecule has 0 saturated carbocycles. The Morgan fingerprint density at radius 3 is 3.00 bits per heavy atom. The molecular weight excluding hydrogens is 188 g/mol. The molecule has 0 spiro atoms. The fourth-order valence-corrected chi connectivity index (χ4v) is 1.50. The molecule has 0 radical (unpaired) electrons. The van der Waals surface area contributed by atoms with Crippen molar-refractivity contribution in [1.29, 1.82) is 0 Å². The van der Waals surface area contributed by atoms with Gasteiger partial charge in [0.2, 0.25) is 0 Å². The quantitative estimate of drug-likeness (QED) is 0.689. The van der Waals surface area contributed by atoms with Crippen LogP contribution in [-0.2, 0) is 5.88 Å². The maximum atomic E-state index is 5.74. The van der Waals surface area contributed by atoms with E-state index in [1.807, 2.05) is 18.2 Å². The summed E-state index contributed by atoms with van der Waals surface area (Å²) in [6, 6.07) is 5.67. The van der Waals surface area contributed by atoms with Gasteiger partial charge in [0.15, 0.2) is 0 Å². The molecule has 13 heavy (non-hydrogen) atoms. The van der Waals surface area contributed by atoms with Crippen molar-refractivity contribution in [2.75, 3.05) is 7.11 Å². The lowest BCUT2D eigenvalue weighted by Gasteiger charge is -1.98. The lowest BCUT2D eigenvalue weighted by atomic mass is 10.2. The lowest BCUT2D eigenvalue weighted by molar-refractivity contribution is 0.415. The van der Waals surface area contributed by atoms with Gasteiger partial charge in [-0.2, -0.15) is 0 Å². The molecule has 0 saturated heterocycles. The van der Waals surface area contributed by atoms with Gasteiger partial charge in [-0.05, 0) is 18.2 Å². The minimum Gasteiger partial charge on any atom is -0.497 e. The monoisotopic (exact) mass is 196 g/mol. The summed E-state index contributed by atoms with van der Waals surface area (Å²) in [6.07, 6.45) is 1.68. The largest absolute Gasteiger partial charge is 0.497 e. The Hall–Kier alpha value is -1.15. The Bertz CT molecular complexity index is 420. The van der Waals surface area contributed by atoms with Crippen LogP contribution in [-0.4, -0.2) is 7.11 Å². The van der Waals surface area contributed by atoms with Crippen LogP contribution in [0.15, 0.2) is 28.9 Å². The molecule has 0 amide bonds. The number of fused-ring (bicyclic) bond motifs is 1. The van der Waals surface area contributed by atoms with Crippen LogP contribution in [0.3, 0.4) is 0 Å². The molecule has 3 heteroatoms. The molecular formula is C10H9ClO2. The van der Waals surface area contributed by atoms with Crippen LogP contribution in [0.25, 0.3) is 11.0 Å². The second kappa shape index (κ2) is 3.30. The fraction of sp³-hybridized carbons (Fsp3) is 0.200. The maximum absolute atomic E-state index is 5.74. The smallest absolute Gasteiger partial charge is 0.134 e. The van der Waals surface area contributed by atoms with Gasteiger partial charge < -0.3 is 9.15 Å². The summed E-state index contributed by atoms with van der Waals surface area (Å²) in [5, 5.41) is 1.02. The van der Waals surface area contributed by atoms with E-state index in [1.54, 1.807) is 13.4 Å². The number of alkyl halides is 1.